The summed E-state index contributed by atoms with van der Waals surface area (Å²) in [5.41, 5.74) is 1.22. The third kappa shape index (κ3) is 3.40. The maximum atomic E-state index is 10.7. The number of carboxylic acid groups (broad SMARTS) is 1. The molecule has 0 saturated heterocycles. The Morgan fingerprint density at radius 3 is 3.00 bits per heavy atom. The number of rotatable bonds is 5. The van der Waals surface area contributed by atoms with Gasteiger partial charge in [0, 0.05) is 5.75 Å². The van der Waals surface area contributed by atoms with E-state index in [2.05, 4.69) is 5.38 Å². The van der Waals surface area contributed by atoms with Gasteiger partial charge in [-0.05, 0) is 28.8 Å². The van der Waals surface area contributed by atoms with Crippen LogP contribution >= 0.6 is 23.1 Å². The second kappa shape index (κ2) is 5.29. The van der Waals surface area contributed by atoms with Gasteiger partial charge >= 0.3 is 5.97 Å². The molecule has 0 radical (unpaired) electrons. The first-order chi connectivity index (χ1) is 6.24. The number of hydrogen-bond donors (Lipinski definition) is 1. The molecule has 1 rings (SSSR count). The van der Waals surface area contributed by atoms with Crippen LogP contribution in [0.15, 0.2) is 16.8 Å². The lowest BCUT2D eigenvalue weighted by atomic mass is 10.3. The van der Waals surface area contributed by atoms with Crippen LogP contribution in [-0.2, 0) is 10.5 Å². The maximum absolute atomic E-state index is 10.7. The molecule has 1 aromatic rings. The summed E-state index contributed by atoms with van der Waals surface area (Å²) in [5.74, 6) is 0.0941. The van der Waals surface area contributed by atoms with Crippen molar-refractivity contribution in [3.63, 3.8) is 0 Å². The van der Waals surface area contributed by atoms with E-state index in [-0.39, 0.29) is 5.25 Å². The molecule has 0 aliphatic carbocycles. The van der Waals surface area contributed by atoms with Gasteiger partial charge in [-0.15, -0.1) is 11.8 Å². The van der Waals surface area contributed by atoms with Crippen molar-refractivity contribution < 1.29 is 9.90 Å². The highest BCUT2D eigenvalue weighted by Gasteiger charge is 2.14. The van der Waals surface area contributed by atoms with Gasteiger partial charge in [-0.25, -0.2) is 0 Å². The predicted octanol–water partition coefficient (Wildman–Crippen LogP) is 2.84. The quantitative estimate of drug-likeness (QED) is 0.822. The summed E-state index contributed by atoms with van der Waals surface area (Å²) in [6, 6.07) is 2.03. The molecule has 1 unspecified atom stereocenters. The van der Waals surface area contributed by atoms with Gasteiger partial charge in [-0.3, -0.25) is 4.79 Å². The minimum Gasteiger partial charge on any atom is -0.480 e. The molecule has 72 valence electrons. The number of carboxylic acids is 1. The molecule has 1 atom stereocenters. The number of carbonyl (C=O) groups is 1. The van der Waals surface area contributed by atoms with Crippen molar-refractivity contribution in [2.75, 3.05) is 0 Å². The Morgan fingerprint density at radius 1 is 1.77 bits per heavy atom. The predicted molar refractivity (Wildman–Crippen MR) is 57.3 cm³/mol. The zero-order valence-corrected chi connectivity index (χ0v) is 9.03. The minimum atomic E-state index is -0.706. The fraction of sp³-hybridized carbons (Fsp3) is 0.444. The average Bonchev–Trinajstić information content (AvgIpc) is 2.57. The summed E-state index contributed by atoms with van der Waals surface area (Å²) in [4.78, 5) is 10.7. The van der Waals surface area contributed by atoms with Gasteiger partial charge in [0.1, 0.15) is 5.25 Å². The third-order valence-corrected chi connectivity index (χ3v) is 3.85. The molecule has 0 bridgehead atoms. The Kier molecular flexibility index (Phi) is 4.32. The summed E-state index contributed by atoms with van der Waals surface area (Å²) >= 11 is 3.14. The van der Waals surface area contributed by atoms with Gasteiger partial charge in [0.2, 0.25) is 0 Å². The fourth-order valence-corrected chi connectivity index (χ4v) is 2.66. The number of thioether (sulfide) groups is 1. The second-order valence-electron chi connectivity index (χ2n) is 2.68. The normalized spacial score (nSPS) is 12.7. The summed E-state index contributed by atoms with van der Waals surface area (Å²) in [6.07, 6.45) is 0.685. The van der Waals surface area contributed by atoms with Crippen molar-refractivity contribution in [3.8, 4) is 0 Å². The van der Waals surface area contributed by atoms with E-state index in [0.29, 0.717) is 6.42 Å². The molecule has 13 heavy (non-hydrogen) atoms. The summed E-state index contributed by atoms with van der Waals surface area (Å²) in [7, 11) is 0. The monoisotopic (exact) mass is 216 g/mol. The number of aliphatic carboxylic acids is 1. The van der Waals surface area contributed by atoms with Crippen molar-refractivity contribution in [1.82, 2.24) is 0 Å². The van der Waals surface area contributed by atoms with Crippen molar-refractivity contribution in [2.45, 2.75) is 24.3 Å². The topological polar surface area (TPSA) is 37.3 Å². The molecular weight excluding hydrogens is 204 g/mol. The second-order valence-corrected chi connectivity index (χ2v) is 4.65. The Morgan fingerprint density at radius 2 is 2.54 bits per heavy atom. The van der Waals surface area contributed by atoms with Crippen LogP contribution in [0.4, 0.5) is 0 Å². The first-order valence-corrected chi connectivity index (χ1v) is 6.08. The summed E-state index contributed by atoms with van der Waals surface area (Å²) in [6.45, 7) is 1.90. The molecule has 1 aromatic heterocycles. The van der Waals surface area contributed by atoms with Crippen molar-refractivity contribution in [3.05, 3.63) is 22.4 Å². The van der Waals surface area contributed by atoms with E-state index in [9.17, 15) is 4.79 Å². The molecule has 1 N–H and O–H groups in total. The van der Waals surface area contributed by atoms with Crippen LogP contribution in [0.3, 0.4) is 0 Å². The first-order valence-electron chi connectivity index (χ1n) is 4.09. The molecule has 0 amide bonds. The van der Waals surface area contributed by atoms with Crippen LogP contribution in [-0.4, -0.2) is 16.3 Å². The van der Waals surface area contributed by atoms with Gasteiger partial charge in [0.15, 0.2) is 0 Å². The van der Waals surface area contributed by atoms with Crippen LogP contribution in [0.2, 0.25) is 0 Å². The number of hydrogen-bond acceptors (Lipinski definition) is 3. The highest BCUT2D eigenvalue weighted by Crippen LogP contribution is 2.21. The van der Waals surface area contributed by atoms with Crippen LogP contribution < -0.4 is 0 Å². The van der Waals surface area contributed by atoms with E-state index in [4.69, 9.17) is 5.11 Å². The van der Waals surface area contributed by atoms with Crippen LogP contribution in [0.1, 0.15) is 18.9 Å². The van der Waals surface area contributed by atoms with Crippen LogP contribution in [0.5, 0.6) is 0 Å². The maximum Gasteiger partial charge on any atom is 0.316 e. The van der Waals surface area contributed by atoms with E-state index in [1.54, 1.807) is 11.3 Å². The molecule has 4 heteroatoms. The minimum absolute atomic E-state index is 0.264. The SMILES string of the molecule is CCC(SCc1ccsc1)C(=O)O. The van der Waals surface area contributed by atoms with Crippen LogP contribution in [0.25, 0.3) is 0 Å². The van der Waals surface area contributed by atoms with E-state index < -0.39 is 5.97 Å². The van der Waals surface area contributed by atoms with Crippen molar-refractivity contribution in [1.29, 1.82) is 0 Å². The zero-order valence-electron chi connectivity index (χ0n) is 7.40. The lowest BCUT2D eigenvalue weighted by molar-refractivity contribution is -0.136. The third-order valence-electron chi connectivity index (χ3n) is 1.68. The van der Waals surface area contributed by atoms with Gasteiger partial charge < -0.3 is 5.11 Å². The standard InChI is InChI=1S/C9H12O2S2/c1-2-8(9(10)11)13-6-7-3-4-12-5-7/h3-5,8H,2,6H2,1H3,(H,10,11). The molecule has 1 heterocycles. The van der Waals surface area contributed by atoms with Gasteiger partial charge in [0.05, 0.1) is 0 Å². The fourth-order valence-electron chi connectivity index (χ4n) is 0.935. The Balaban J connectivity index is 2.36. The van der Waals surface area contributed by atoms with E-state index in [1.165, 1.54) is 17.3 Å². The summed E-state index contributed by atoms with van der Waals surface area (Å²) in [5, 5.41) is 12.6. The smallest absolute Gasteiger partial charge is 0.316 e. The highest BCUT2D eigenvalue weighted by atomic mass is 32.2. The zero-order chi connectivity index (χ0) is 9.68. The lowest BCUT2D eigenvalue weighted by Gasteiger charge is -2.07. The highest BCUT2D eigenvalue weighted by molar-refractivity contribution is 7.99. The van der Waals surface area contributed by atoms with Gasteiger partial charge in [-0.2, -0.15) is 11.3 Å². The Labute approximate surface area is 86.0 Å². The Bertz CT molecular complexity index is 257. The van der Waals surface area contributed by atoms with Crippen molar-refractivity contribution >= 4 is 29.1 Å². The molecule has 2 nitrogen and oxygen atoms in total. The first kappa shape index (κ1) is 10.6. The molecule has 0 aliphatic rings. The summed E-state index contributed by atoms with van der Waals surface area (Å²) < 4.78 is 0. The van der Waals surface area contributed by atoms with Crippen LogP contribution in [0, 0.1) is 0 Å². The molecule has 0 fully saturated rings. The van der Waals surface area contributed by atoms with Crippen molar-refractivity contribution in [2.24, 2.45) is 0 Å². The van der Waals surface area contributed by atoms with Gasteiger partial charge in [-0.1, -0.05) is 6.92 Å². The Hall–Kier alpha value is -0.480. The van der Waals surface area contributed by atoms with Gasteiger partial charge in [0.25, 0.3) is 0 Å². The molecule has 0 spiro atoms. The average molecular weight is 216 g/mol. The van der Waals surface area contributed by atoms with E-state index in [0.717, 1.165) is 5.75 Å². The largest absolute Gasteiger partial charge is 0.480 e. The lowest BCUT2D eigenvalue weighted by Crippen LogP contribution is -2.14. The molecule has 0 aliphatic heterocycles. The van der Waals surface area contributed by atoms with E-state index >= 15 is 0 Å². The molecule has 0 saturated carbocycles. The number of thiophene rings is 1. The molecular formula is C9H12O2S2. The van der Waals surface area contributed by atoms with E-state index in [1.807, 2.05) is 18.4 Å². The molecule has 0 aromatic carbocycles.